The molecule has 3 fully saturated rings. The number of ketones is 3. The molecular formula is C23H32O9Zr. The molecule has 3 atom stereocenters. The predicted molar refractivity (Wildman–Crippen MR) is 106 cm³/mol. The molecule has 182 valence electrons. The molecule has 0 N–H and O–H groups in total. The van der Waals surface area contributed by atoms with E-state index in [1.807, 2.05) is 0 Å². The van der Waals surface area contributed by atoms with Crippen LogP contribution in [-0.2, 0) is 53.5 Å². The minimum absolute atomic E-state index is 0.161. The quantitative estimate of drug-likeness (QED) is 0.424. The Labute approximate surface area is 209 Å². The molecule has 0 aromatic rings. The van der Waals surface area contributed by atoms with Crippen LogP contribution < -0.4 is 15.3 Å². The van der Waals surface area contributed by atoms with Crippen molar-refractivity contribution in [3.63, 3.8) is 0 Å². The van der Waals surface area contributed by atoms with E-state index in [0.717, 1.165) is 38.5 Å². The second kappa shape index (κ2) is 17.7. The number of aliphatic carboxylic acids is 3. The zero-order valence-electron chi connectivity index (χ0n) is 19.1. The van der Waals surface area contributed by atoms with Gasteiger partial charge in [-0.3, -0.25) is 14.4 Å². The van der Waals surface area contributed by atoms with Crippen molar-refractivity contribution in [1.29, 1.82) is 0 Å². The van der Waals surface area contributed by atoms with Crippen LogP contribution in [0.25, 0.3) is 0 Å². The molecular weight excluding hydrogens is 511 g/mol. The van der Waals surface area contributed by atoms with Crippen LogP contribution in [0.3, 0.4) is 0 Å². The first kappa shape index (κ1) is 31.3. The van der Waals surface area contributed by atoms with E-state index in [0.29, 0.717) is 38.5 Å². The number of Topliss-reactive ketones (excluding diaryl/α,β-unsaturated/α-hetero) is 3. The molecule has 0 saturated heterocycles. The van der Waals surface area contributed by atoms with Crippen LogP contribution in [0.1, 0.15) is 84.0 Å². The average Bonchev–Trinajstić information content (AvgIpc) is 2.75. The first-order chi connectivity index (χ1) is 15.6. The maximum absolute atomic E-state index is 10.8. The summed E-state index contributed by atoms with van der Waals surface area (Å²) >= 11 is 1.64. The molecule has 0 amide bonds. The number of rotatable bonds is 3. The van der Waals surface area contributed by atoms with Crippen LogP contribution in [0.4, 0.5) is 0 Å². The number of hydrogen-bond acceptors (Lipinski definition) is 9. The van der Waals surface area contributed by atoms with Crippen molar-refractivity contribution >= 4 is 35.3 Å². The Morgan fingerprint density at radius 1 is 0.636 bits per heavy atom. The summed E-state index contributed by atoms with van der Waals surface area (Å²) in [6, 6.07) is 0. The number of carbonyl (C=O) groups is 6. The molecule has 3 aliphatic carbocycles. The largest absolute Gasteiger partial charge is 0.549 e. The van der Waals surface area contributed by atoms with Crippen LogP contribution in [0.15, 0.2) is 0 Å². The summed E-state index contributed by atoms with van der Waals surface area (Å²) in [7, 11) is 0. The van der Waals surface area contributed by atoms with Crippen LogP contribution in [0.2, 0.25) is 4.13 Å². The maximum Gasteiger partial charge on any atom is 0.141 e. The van der Waals surface area contributed by atoms with Crippen molar-refractivity contribution in [2.24, 2.45) is 17.8 Å². The smallest absolute Gasteiger partial charge is 0.141 e. The van der Waals surface area contributed by atoms with E-state index in [1.54, 1.807) is 24.7 Å². The Bertz CT molecular complexity index is 599. The van der Waals surface area contributed by atoms with E-state index in [4.69, 9.17) is 0 Å². The van der Waals surface area contributed by atoms with Crippen molar-refractivity contribution < 1.29 is 68.8 Å². The van der Waals surface area contributed by atoms with Gasteiger partial charge < -0.3 is 29.7 Å². The molecule has 0 heterocycles. The second-order valence-electron chi connectivity index (χ2n) is 8.10. The fourth-order valence-corrected chi connectivity index (χ4v) is 3.70. The molecule has 3 aliphatic rings. The van der Waals surface area contributed by atoms with Crippen molar-refractivity contribution in [3.8, 4) is 0 Å². The fraction of sp³-hybridized carbons (Fsp3) is 0.739. The molecule has 10 heteroatoms. The molecule has 0 aromatic heterocycles. The first-order valence-corrected chi connectivity index (χ1v) is 13.2. The first-order valence-electron chi connectivity index (χ1n) is 11.4. The number of hydrogen-bond donors (Lipinski definition) is 0. The van der Waals surface area contributed by atoms with Crippen LogP contribution in [0.5, 0.6) is 0 Å². The third-order valence-corrected chi connectivity index (χ3v) is 5.52. The topological polar surface area (TPSA) is 172 Å². The van der Waals surface area contributed by atoms with Gasteiger partial charge in [-0.1, -0.05) is 19.3 Å². The molecule has 0 aliphatic heterocycles. The van der Waals surface area contributed by atoms with Gasteiger partial charge >= 0.3 is 35.8 Å². The van der Waals surface area contributed by atoms with Gasteiger partial charge in [0, 0.05) is 19.3 Å². The SMILES string of the molecule is C[CH2][Zr+3].O=C([O-])C1CCCCC1=O.O=C([O-])C1CCCCC1=O.O=C([O-])C1CCCCC1=O. The summed E-state index contributed by atoms with van der Waals surface area (Å²) in [5, 5.41) is 30.7. The Balaban J connectivity index is 0.000000439. The normalized spacial score (nSPS) is 24.6. The predicted octanol–water partition coefficient (Wildman–Crippen LogP) is -0.542. The van der Waals surface area contributed by atoms with E-state index in [1.165, 1.54) is 4.13 Å². The zero-order chi connectivity index (χ0) is 25.4. The van der Waals surface area contributed by atoms with Crippen LogP contribution in [-0.4, -0.2) is 35.3 Å². The summed E-state index contributed by atoms with van der Waals surface area (Å²) < 4.78 is 1.34. The fourth-order valence-electron chi connectivity index (χ4n) is 3.70. The Kier molecular flexibility index (Phi) is 16.8. The Hall–Kier alpha value is -1.70. The van der Waals surface area contributed by atoms with Crippen molar-refractivity contribution in [2.45, 2.75) is 88.1 Å². The van der Waals surface area contributed by atoms with Crippen molar-refractivity contribution in [2.75, 3.05) is 0 Å². The summed E-state index contributed by atoms with van der Waals surface area (Å²) in [5.74, 6) is -6.53. The van der Waals surface area contributed by atoms with Crippen molar-refractivity contribution in [3.05, 3.63) is 0 Å². The summed E-state index contributed by atoms with van der Waals surface area (Å²) in [6.45, 7) is 2.16. The molecule has 0 aromatic carbocycles. The van der Waals surface area contributed by atoms with Crippen LogP contribution in [0, 0.1) is 17.8 Å². The van der Waals surface area contributed by atoms with Gasteiger partial charge in [-0.25, -0.2) is 0 Å². The van der Waals surface area contributed by atoms with Crippen molar-refractivity contribution in [1.82, 2.24) is 0 Å². The Morgan fingerprint density at radius 2 is 0.848 bits per heavy atom. The monoisotopic (exact) mass is 542 g/mol. The Morgan fingerprint density at radius 3 is 0.970 bits per heavy atom. The minimum Gasteiger partial charge on any atom is -0.549 e. The maximum atomic E-state index is 10.8. The molecule has 3 unspecified atom stereocenters. The van der Waals surface area contributed by atoms with E-state index in [2.05, 4.69) is 6.92 Å². The van der Waals surface area contributed by atoms with Gasteiger partial charge in [0.05, 0.1) is 35.7 Å². The van der Waals surface area contributed by atoms with Gasteiger partial charge in [0.25, 0.3) is 0 Å². The molecule has 0 bridgehead atoms. The number of carbonyl (C=O) groups excluding carboxylic acids is 6. The average molecular weight is 544 g/mol. The summed E-state index contributed by atoms with van der Waals surface area (Å²) in [5.41, 5.74) is 0. The van der Waals surface area contributed by atoms with E-state index >= 15 is 0 Å². The molecule has 0 radical (unpaired) electrons. The summed E-state index contributed by atoms with van der Waals surface area (Å²) in [4.78, 5) is 63.1. The number of carboxylic acids is 3. The van der Waals surface area contributed by atoms with Gasteiger partial charge in [0.1, 0.15) is 17.3 Å². The zero-order valence-corrected chi connectivity index (χ0v) is 21.6. The van der Waals surface area contributed by atoms with E-state index in [-0.39, 0.29) is 17.3 Å². The van der Waals surface area contributed by atoms with Gasteiger partial charge in [-0.05, 0) is 38.5 Å². The standard InChI is InChI=1S/3C7H10O3.C2H5.Zr/c3*8-6-4-2-1-3-5(6)7(9)10;1-2;/h3*5H,1-4H2,(H,9,10);1H2,2H3;/q;;;;+3/p-3. The van der Waals surface area contributed by atoms with Gasteiger partial charge in [0.2, 0.25) is 0 Å². The molecule has 33 heavy (non-hydrogen) atoms. The van der Waals surface area contributed by atoms with Gasteiger partial charge in [-0.2, -0.15) is 0 Å². The molecule has 3 saturated carbocycles. The van der Waals surface area contributed by atoms with Gasteiger partial charge in [-0.15, -0.1) is 0 Å². The summed E-state index contributed by atoms with van der Waals surface area (Å²) in [6.07, 6.45) is 7.69. The minimum atomic E-state index is -1.20. The number of carboxylic acid groups (broad SMARTS) is 3. The van der Waals surface area contributed by atoms with Gasteiger partial charge in [0.15, 0.2) is 0 Å². The molecule has 0 spiro atoms. The second-order valence-corrected chi connectivity index (χ2v) is 9.84. The van der Waals surface area contributed by atoms with E-state index < -0.39 is 35.7 Å². The molecule has 3 rings (SSSR count). The third-order valence-electron chi connectivity index (χ3n) is 5.52. The molecule has 9 nitrogen and oxygen atoms in total. The van der Waals surface area contributed by atoms with E-state index in [9.17, 15) is 44.1 Å². The third kappa shape index (κ3) is 12.9. The van der Waals surface area contributed by atoms with Crippen LogP contribution >= 0.6 is 0 Å².